The van der Waals surface area contributed by atoms with Crippen LogP contribution in [0.5, 0.6) is 0 Å². The highest BCUT2D eigenvalue weighted by Crippen LogP contribution is 2.51. The molecular weight excluding hydrogens is 226 g/mol. The molecule has 0 saturated carbocycles. The van der Waals surface area contributed by atoms with Crippen LogP contribution in [0, 0.1) is 11.3 Å². The first-order valence-corrected chi connectivity index (χ1v) is 6.48. The molecule has 2 aliphatic rings. The molecule has 0 aromatic heterocycles. The van der Waals surface area contributed by atoms with E-state index in [1.165, 1.54) is 5.56 Å². The summed E-state index contributed by atoms with van der Waals surface area (Å²) in [5.41, 5.74) is 0.312. The summed E-state index contributed by atoms with van der Waals surface area (Å²) in [6.07, 6.45) is 1.80. The van der Waals surface area contributed by atoms with Gasteiger partial charge in [-0.2, -0.15) is 5.26 Å². The highest BCUT2D eigenvalue weighted by molar-refractivity contribution is 5.48. The van der Waals surface area contributed by atoms with Gasteiger partial charge in [0.25, 0.3) is 0 Å². The number of nitriles is 1. The number of aliphatic hydroxyl groups is 1. The molecule has 0 bridgehead atoms. The Labute approximate surface area is 107 Å². The van der Waals surface area contributed by atoms with Crippen molar-refractivity contribution >= 4 is 0 Å². The van der Waals surface area contributed by atoms with Crippen LogP contribution in [0.3, 0.4) is 0 Å². The zero-order valence-corrected chi connectivity index (χ0v) is 10.5. The predicted octanol–water partition coefficient (Wildman–Crippen LogP) is 1.93. The summed E-state index contributed by atoms with van der Waals surface area (Å²) in [6.45, 7) is 2.40. The Kier molecular flexibility index (Phi) is 2.48. The molecule has 0 radical (unpaired) electrons. The molecule has 18 heavy (non-hydrogen) atoms. The van der Waals surface area contributed by atoms with Gasteiger partial charge < -0.3 is 9.84 Å². The molecule has 0 amide bonds. The van der Waals surface area contributed by atoms with Crippen LogP contribution in [0.15, 0.2) is 24.3 Å². The maximum atomic E-state index is 11.0. The molecule has 3 rings (SSSR count). The van der Waals surface area contributed by atoms with Gasteiger partial charge in [0.05, 0.1) is 12.2 Å². The van der Waals surface area contributed by atoms with E-state index in [1.54, 1.807) is 0 Å². The van der Waals surface area contributed by atoms with Crippen LogP contribution in [0.2, 0.25) is 0 Å². The van der Waals surface area contributed by atoms with Gasteiger partial charge in [0.2, 0.25) is 0 Å². The molecule has 3 unspecified atom stereocenters. The lowest BCUT2D eigenvalue weighted by Gasteiger charge is -2.40. The third-order valence-corrected chi connectivity index (χ3v) is 4.70. The standard InChI is InChI=1S/C15H17NO2/c1-11-15(17,8-9-18-11)14(10-16)7-6-12-4-2-3-5-13(12)14/h2-5,11,17H,6-9H2,1H3. The number of nitrogens with zero attached hydrogens (tertiary/aromatic N) is 1. The van der Waals surface area contributed by atoms with Gasteiger partial charge in [-0.3, -0.25) is 0 Å². The average Bonchev–Trinajstić information content (AvgIpc) is 2.93. The summed E-state index contributed by atoms with van der Waals surface area (Å²) in [7, 11) is 0. The van der Waals surface area contributed by atoms with Crippen molar-refractivity contribution in [2.24, 2.45) is 0 Å². The van der Waals surface area contributed by atoms with Gasteiger partial charge in [-0.25, -0.2) is 0 Å². The van der Waals surface area contributed by atoms with Gasteiger partial charge in [0.15, 0.2) is 0 Å². The smallest absolute Gasteiger partial charge is 0.115 e. The Bertz CT molecular complexity index is 521. The normalized spacial score (nSPS) is 38.4. The average molecular weight is 243 g/mol. The fraction of sp³-hybridized carbons (Fsp3) is 0.533. The van der Waals surface area contributed by atoms with Crippen LogP contribution in [-0.2, 0) is 16.6 Å². The molecule has 1 aromatic rings. The molecule has 3 heteroatoms. The topological polar surface area (TPSA) is 53.2 Å². The number of hydrogen-bond donors (Lipinski definition) is 1. The van der Waals surface area contributed by atoms with Crippen LogP contribution in [-0.4, -0.2) is 23.4 Å². The van der Waals surface area contributed by atoms with Gasteiger partial charge in [-0.05, 0) is 30.9 Å². The van der Waals surface area contributed by atoms with E-state index in [-0.39, 0.29) is 6.10 Å². The van der Waals surface area contributed by atoms with Gasteiger partial charge in [0, 0.05) is 13.0 Å². The van der Waals surface area contributed by atoms with E-state index in [4.69, 9.17) is 4.74 Å². The van der Waals surface area contributed by atoms with E-state index in [0.29, 0.717) is 19.4 Å². The lowest BCUT2D eigenvalue weighted by atomic mass is 9.66. The Morgan fingerprint density at radius 2 is 2.17 bits per heavy atom. The van der Waals surface area contributed by atoms with Crippen molar-refractivity contribution in [1.29, 1.82) is 5.26 Å². The molecule has 3 nitrogen and oxygen atoms in total. The van der Waals surface area contributed by atoms with Crippen molar-refractivity contribution in [1.82, 2.24) is 0 Å². The van der Waals surface area contributed by atoms with Crippen molar-refractivity contribution in [2.75, 3.05) is 6.61 Å². The molecule has 1 aliphatic heterocycles. The summed E-state index contributed by atoms with van der Waals surface area (Å²) >= 11 is 0. The third kappa shape index (κ3) is 1.25. The number of hydrogen-bond acceptors (Lipinski definition) is 3. The SMILES string of the molecule is CC1OCCC1(O)C1(C#N)CCc2ccccc21. The van der Waals surface area contributed by atoms with Crippen LogP contribution in [0.4, 0.5) is 0 Å². The number of rotatable bonds is 1. The molecule has 1 heterocycles. The fourth-order valence-corrected chi connectivity index (χ4v) is 3.57. The van der Waals surface area contributed by atoms with E-state index < -0.39 is 11.0 Å². The molecular formula is C15H17NO2. The Hall–Kier alpha value is -1.37. The van der Waals surface area contributed by atoms with E-state index in [9.17, 15) is 10.4 Å². The Morgan fingerprint density at radius 1 is 1.39 bits per heavy atom. The number of fused-ring (bicyclic) bond motifs is 1. The van der Waals surface area contributed by atoms with Crippen molar-refractivity contribution in [3.63, 3.8) is 0 Å². The van der Waals surface area contributed by atoms with E-state index in [1.807, 2.05) is 25.1 Å². The molecule has 1 fully saturated rings. The summed E-state index contributed by atoms with van der Waals surface area (Å²) in [6, 6.07) is 10.4. The highest BCUT2D eigenvalue weighted by atomic mass is 16.5. The van der Waals surface area contributed by atoms with Gasteiger partial charge in [0.1, 0.15) is 11.0 Å². The predicted molar refractivity (Wildman–Crippen MR) is 67.0 cm³/mol. The first kappa shape index (κ1) is 11.7. The van der Waals surface area contributed by atoms with Crippen molar-refractivity contribution in [2.45, 2.75) is 43.3 Å². The Morgan fingerprint density at radius 3 is 2.83 bits per heavy atom. The molecule has 94 valence electrons. The second-order valence-corrected chi connectivity index (χ2v) is 5.36. The summed E-state index contributed by atoms with van der Waals surface area (Å²) in [5.74, 6) is 0. The van der Waals surface area contributed by atoms with Gasteiger partial charge in [-0.1, -0.05) is 24.3 Å². The Balaban J connectivity index is 2.17. The molecule has 1 aliphatic carbocycles. The van der Waals surface area contributed by atoms with Crippen LogP contribution < -0.4 is 0 Å². The molecule has 0 spiro atoms. The van der Waals surface area contributed by atoms with Crippen LogP contribution >= 0.6 is 0 Å². The lowest BCUT2D eigenvalue weighted by Crippen LogP contribution is -2.54. The second-order valence-electron chi connectivity index (χ2n) is 5.36. The minimum Gasteiger partial charge on any atom is -0.385 e. The maximum absolute atomic E-state index is 11.0. The summed E-state index contributed by atoms with van der Waals surface area (Å²) < 4.78 is 5.52. The van der Waals surface area contributed by atoms with E-state index >= 15 is 0 Å². The molecule has 3 atom stereocenters. The monoisotopic (exact) mass is 243 g/mol. The highest BCUT2D eigenvalue weighted by Gasteiger charge is 2.60. The third-order valence-electron chi connectivity index (χ3n) is 4.70. The maximum Gasteiger partial charge on any atom is 0.115 e. The molecule has 1 N–H and O–H groups in total. The second kappa shape index (κ2) is 3.81. The van der Waals surface area contributed by atoms with Gasteiger partial charge in [-0.15, -0.1) is 0 Å². The van der Waals surface area contributed by atoms with Gasteiger partial charge >= 0.3 is 0 Å². The number of benzene rings is 1. The molecule has 1 aromatic carbocycles. The minimum absolute atomic E-state index is 0.289. The zero-order valence-electron chi connectivity index (χ0n) is 10.5. The van der Waals surface area contributed by atoms with E-state index in [2.05, 4.69) is 12.1 Å². The van der Waals surface area contributed by atoms with Crippen LogP contribution in [0.25, 0.3) is 0 Å². The van der Waals surface area contributed by atoms with Crippen LogP contribution in [0.1, 0.15) is 30.9 Å². The number of aryl methyl sites for hydroxylation is 1. The fourth-order valence-electron chi connectivity index (χ4n) is 3.57. The summed E-state index contributed by atoms with van der Waals surface area (Å²) in [5, 5.41) is 20.8. The van der Waals surface area contributed by atoms with Crippen molar-refractivity contribution in [3.05, 3.63) is 35.4 Å². The first-order valence-electron chi connectivity index (χ1n) is 6.48. The first-order chi connectivity index (χ1) is 8.64. The number of ether oxygens (including phenoxy) is 1. The minimum atomic E-state index is -1.06. The molecule has 1 saturated heterocycles. The van der Waals surface area contributed by atoms with Crippen molar-refractivity contribution in [3.8, 4) is 6.07 Å². The van der Waals surface area contributed by atoms with Crippen molar-refractivity contribution < 1.29 is 9.84 Å². The zero-order chi connectivity index (χ0) is 12.8. The largest absolute Gasteiger partial charge is 0.385 e. The lowest BCUT2D eigenvalue weighted by molar-refractivity contribution is -0.0679. The quantitative estimate of drug-likeness (QED) is 0.820. The van der Waals surface area contributed by atoms with E-state index in [0.717, 1.165) is 12.0 Å². The summed E-state index contributed by atoms with van der Waals surface area (Å²) in [4.78, 5) is 0.